The molecule has 1 fully saturated rings. The molecule has 0 saturated carbocycles. The predicted octanol–water partition coefficient (Wildman–Crippen LogP) is 3.50. The van der Waals surface area contributed by atoms with Crippen LogP contribution in [0.5, 0.6) is 0 Å². The second-order valence-corrected chi connectivity index (χ2v) is 6.85. The van der Waals surface area contributed by atoms with Gasteiger partial charge in [-0.15, -0.1) is 0 Å². The zero-order valence-electron chi connectivity index (χ0n) is 15.5. The van der Waals surface area contributed by atoms with Gasteiger partial charge in [-0.3, -0.25) is 15.4 Å². The molecular weight excluding hydrogens is 389 g/mol. The molecule has 0 bridgehead atoms. The van der Waals surface area contributed by atoms with Crippen molar-refractivity contribution >= 4 is 0 Å². The number of hydrogen-bond donors (Lipinski definition) is 2. The molecule has 2 aromatic rings. The molecule has 9 heteroatoms. The number of rotatable bonds is 6. The van der Waals surface area contributed by atoms with E-state index in [0.29, 0.717) is 11.1 Å². The van der Waals surface area contributed by atoms with Gasteiger partial charge in [0.2, 0.25) is 6.04 Å². The molecule has 3 rings (SSSR count). The van der Waals surface area contributed by atoms with Gasteiger partial charge in [0.25, 0.3) is 0 Å². The topological polar surface area (TPSA) is 84.6 Å². The summed E-state index contributed by atoms with van der Waals surface area (Å²) in [6.45, 7) is 1.89. The second kappa shape index (κ2) is 8.48. The lowest BCUT2D eigenvalue weighted by Gasteiger charge is -2.24. The summed E-state index contributed by atoms with van der Waals surface area (Å²) in [5.41, 5.74) is 0.147. The van der Waals surface area contributed by atoms with E-state index in [9.17, 15) is 28.4 Å². The van der Waals surface area contributed by atoms with Crippen LogP contribution < -0.4 is 5.32 Å². The van der Waals surface area contributed by atoms with Crippen molar-refractivity contribution in [1.82, 2.24) is 5.32 Å². The van der Waals surface area contributed by atoms with Gasteiger partial charge in [0.15, 0.2) is 6.29 Å². The molecule has 2 aromatic carbocycles. The number of hydrogen-bond acceptors (Lipinski definition) is 5. The first-order chi connectivity index (χ1) is 13.7. The van der Waals surface area contributed by atoms with Crippen LogP contribution >= 0.6 is 0 Å². The molecule has 1 saturated heterocycles. The van der Waals surface area contributed by atoms with E-state index >= 15 is 0 Å². The minimum Gasteiger partial charge on any atom is -0.367 e. The van der Waals surface area contributed by atoms with Crippen molar-refractivity contribution in [3.05, 3.63) is 81.4 Å². The summed E-state index contributed by atoms with van der Waals surface area (Å²) >= 11 is 0. The van der Waals surface area contributed by atoms with Crippen LogP contribution in [0.3, 0.4) is 0 Å². The Kier molecular flexibility index (Phi) is 6.21. The summed E-state index contributed by atoms with van der Waals surface area (Å²) in [4.78, 5) is 11.5. The van der Waals surface area contributed by atoms with Crippen molar-refractivity contribution in [2.24, 2.45) is 0 Å². The summed E-state index contributed by atoms with van der Waals surface area (Å²) < 4.78 is 43.9. The maximum absolute atomic E-state index is 12.9. The van der Waals surface area contributed by atoms with Crippen molar-refractivity contribution in [3.8, 4) is 0 Å². The Morgan fingerprint density at radius 3 is 2.28 bits per heavy atom. The average molecular weight is 410 g/mol. The first kappa shape index (κ1) is 21.2. The highest BCUT2D eigenvalue weighted by atomic mass is 19.4. The summed E-state index contributed by atoms with van der Waals surface area (Å²) in [5, 5.41) is 25.5. The van der Waals surface area contributed by atoms with Gasteiger partial charge in [0.1, 0.15) is 6.04 Å². The monoisotopic (exact) mass is 410 g/mol. The second-order valence-electron chi connectivity index (χ2n) is 6.85. The fraction of sp³-hybridized carbons (Fsp3) is 0.400. The molecule has 29 heavy (non-hydrogen) atoms. The van der Waals surface area contributed by atoms with Crippen LogP contribution in [0.15, 0.2) is 54.6 Å². The quantitative estimate of drug-likeness (QED) is 0.433. The van der Waals surface area contributed by atoms with E-state index in [1.165, 1.54) is 12.1 Å². The van der Waals surface area contributed by atoms with E-state index in [0.717, 1.165) is 12.1 Å². The van der Waals surface area contributed by atoms with Gasteiger partial charge in [-0.05, 0) is 30.2 Å². The molecule has 156 valence electrons. The summed E-state index contributed by atoms with van der Waals surface area (Å²) in [6, 6.07) is 10.1. The van der Waals surface area contributed by atoms with Gasteiger partial charge in [0.05, 0.1) is 17.5 Å². The van der Waals surface area contributed by atoms with Crippen LogP contribution in [-0.4, -0.2) is 35.0 Å². The van der Waals surface area contributed by atoms with Crippen molar-refractivity contribution in [2.75, 3.05) is 6.61 Å². The first-order valence-corrected chi connectivity index (χ1v) is 9.15. The first-order valence-electron chi connectivity index (χ1n) is 9.15. The number of aliphatic hydroxyl groups is 1. The van der Waals surface area contributed by atoms with E-state index < -0.39 is 47.0 Å². The Balaban J connectivity index is 2.02. The molecule has 0 spiro atoms. The largest absolute Gasteiger partial charge is 0.416 e. The smallest absolute Gasteiger partial charge is 0.367 e. The highest BCUT2D eigenvalue weighted by Gasteiger charge is 2.54. The summed E-state index contributed by atoms with van der Waals surface area (Å²) in [7, 11) is 0. The standard InChI is InChI=1S/C20H21F3N2O4/c1-2-29-19(26)17-15(12-6-4-3-5-7-12)18(25(27)28)16(24-17)13-8-10-14(11-9-13)20(21,22)23/h3-11,15-19,24,26H,2H2,1H3/t15-,16+,17+,18-,19-/m0/s1. The third kappa shape index (κ3) is 4.42. The van der Waals surface area contributed by atoms with Crippen LogP contribution in [-0.2, 0) is 10.9 Å². The third-order valence-corrected chi connectivity index (χ3v) is 5.14. The van der Waals surface area contributed by atoms with Gasteiger partial charge < -0.3 is 9.84 Å². The summed E-state index contributed by atoms with van der Waals surface area (Å²) in [6.07, 6.45) is -5.81. The van der Waals surface area contributed by atoms with E-state index in [4.69, 9.17) is 4.74 Å². The van der Waals surface area contributed by atoms with Crippen molar-refractivity contribution in [2.45, 2.75) is 43.4 Å². The van der Waals surface area contributed by atoms with Crippen LogP contribution in [0.2, 0.25) is 0 Å². The van der Waals surface area contributed by atoms with Gasteiger partial charge >= 0.3 is 6.18 Å². The molecule has 0 aromatic heterocycles. The maximum Gasteiger partial charge on any atom is 0.416 e. The van der Waals surface area contributed by atoms with Gasteiger partial charge in [-0.25, -0.2) is 0 Å². The van der Waals surface area contributed by atoms with Crippen LogP contribution in [0.4, 0.5) is 13.2 Å². The zero-order chi connectivity index (χ0) is 21.2. The van der Waals surface area contributed by atoms with Crippen molar-refractivity contribution in [1.29, 1.82) is 0 Å². The number of ether oxygens (including phenoxy) is 1. The molecular formula is C20H21F3N2O4. The molecule has 0 aliphatic carbocycles. The Hall–Kier alpha value is -2.49. The number of nitro groups is 1. The Morgan fingerprint density at radius 1 is 1.14 bits per heavy atom. The molecule has 6 nitrogen and oxygen atoms in total. The average Bonchev–Trinajstić information content (AvgIpc) is 3.09. The Morgan fingerprint density at radius 2 is 1.76 bits per heavy atom. The molecule has 0 unspecified atom stereocenters. The number of benzene rings is 2. The molecule has 5 atom stereocenters. The van der Waals surface area contributed by atoms with Gasteiger partial charge in [0, 0.05) is 11.5 Å². The van der Waals surface area contributed by atoms with E-state index in [1.54, 1.807) is 37.3 Å². The lowest BCUT2D eigenvalue weighted by molar-refractivity contribution is -0.527. The lowest BCUT2D eigenvalue weighted by Crippen LogP contribution is -2.41. The predicted molar refractivity (Wildman–Crippen MR) is 98.7 cm³/mol. The van der Waals surface area contributed by atoms with Crippen LogP contribution in [0, 0.1) is 10.1 Å². The van der Waals surface area contributed by atoms with E-state index in [1.807, 2.05) is 0 Å². The fourth-order valence-electron chi connectivity index (χ4n) is 3.87. The van der Waals surface area contributed by atoms with E-state index in [2.05, 4.69) is 5.32 Å². The third-order valence-electron chi connectivity index (χ3n) is 5.14. The minimum atomic E-state index is -4.50. The SMILES string of the molecule is CCO[C@H](O)[C@@H]1N[C@H](c2ccc(C(F)(F)F)cc2)[C@@H]([N+](=O)[O-])[C@H]1c1ccccc1. The zero-order valence-corrected chi connectivity index (χ0v) is 15.5. The lowest BCUT2D eigenvalue weighted by atomic mass is 9.85. The maximum atomic E-state index is 12.9. The minimum absolute atomic E-state index is 0.203. The molecule has 1 aliphatic rings. The van der Waals surface area contributed by atoms with Gasteiger partial charge in [-0.1, -0.05) is 42.5 Å². The molecule has 0 radical (unpaired) electrons. The molecule has 1 aliphatic heterocycles. The van der Waals surface area contributed by atoms with E-state index in [-0.39, 0.29) is 6.61 Å². The Labute approximate surface area is 165 Å². The van der Waals surface area contributed by atoms with Crippen molar-refractivity contribution < 1.29 is 27.9 Å². The number of nitrogens with one attached hydrogen (secondary N) is 1. The highest BCUT2D eigenvalue weighted by Crippen LogP contribution is 2.42. The van der Waals surface area contributed by atoms with Gasteiger partial charge in [-0.2, -0.15) is 13.2 Å². The summed E-state index contributed by atoms with van der Waals surface area (Å²) in [5.74, 6) is -0.736. The van der Waals surface area contributed by atoms with Crippen molar-refractivity contribution in [3.63, 3.8) is 0 Å². The fourth-order valence-corrected chi connectivity index (χ4v) is 3.87. The number of aliphatic hydroxyl groups excluding tert-OH is 1. The molecule has 2 N–H and O–H groups in total. The molecule has 0 amide bonds. The normalized spacial score (nSPS) is 25.7. The number of alkyl halides is 3. The Bertz CT molecular complexity index is 830. The number of halogens is 3. The highest BCUT2D eigenvalue weighted by molar-refractivity contribution is 5.33. The number of nitrogens with zero attached hydrogens (tertiary/aromatic N) is 1. The van der Waals surface area contributed by atoms with Crippen LogP contribution in [0.1, 0.15) is 35.6 Å². The molecule has 1 heterocycles. The van der Waals surface area contributed by atoms with Crippen LogP contribution in [0.25, 0.3) is 0 Å².